The number of nitrogens with one attached hydrogen (secondary N) is 2. The van der Waals surface area contributed by atoms with Crippen molar-refractivity contribution in [2.24, 2.45) is 5.92 Å². The lowest BCUT2D eigenvalue weighted by atomic mass is 9.94. The van der Waals surface area contributed by atoms with Crippen molar-refractivity contribution in [3.8, 4) is 0 Å². The molecule has 1 aliphatic heterocycles. The highest BCUT2D eigenvalue weighted by molar-refractivity contribution is 5.89. The molecular weight excluding hydrogens is 276 g/mol. The van der Waals surface area contributed by atoms with Crippen molar-refractivity contribution in [3.63, 3.8) is 0 Å². The first-order valence-electron chi connectivity index (χ1n) is 8.02. The predicted octanol–water partition coefficient (Wildman–Crippen LogP) is 2.71. The molecule has 1 amide bonds. The van der Waals surface area contributed by atoms with Crippen LogP contribution in [0.3, 0.4) is 0 Å². The minimum absolute atomic E-state index is 0.0708. The Morgan fingerprint density at radius 1 is 1.41 bits per heavy atom. The van der Waals surface area contributed by atoms with Gasteiger partial charge >= 0.3 is 0 Å². The van der Waals surface area contributed by atoms with Gasteiger partial charge in [0.15, 0.2) is 0 Å². The van der Waals surface area contributed by atoms with Gasteiger partial charge in [-0.05, 0) is 43.9 Å². The van der Waals surface area contributed by atoms with Crippen LogP contribution in [0.4, 0.5) is 0 Å². The molecule has 1 fully saturated rings. The summed E-state index contributed by atoms with van der Waals surface area (Å²) >= 11 is 0. The molecule has 0 saturated carbocycles. The summed E-state index contributed by atoms with van der Waals surface area (Å²) in [5.41, 5.74) is 4.22. The van der Waals surface area contributed by atoms with E-state index in [2.05, 4.69) is 43.5 Å². The van der Waals surface area contributed by atoms with Crippen LogP contribution in [0.25, 0.3) is 11.0 Å². The number of fused-ring (bicyclic) bond motifs is 1. The van der Waals surface area contributed by atoms with E-state index in [9.17, 15) is 4.79 Å². The Labute approximate surface area is 131 Å². The number of hydrogen-bond donors (Lipinski definition) is 2. The van der Waals surface area contributed by atoms with E-state index in [1.807, 2.05) is 0 Å². The molecule has 1 aromatic carbocycles. The molecule has 4 nitrogen and oxygen atoms in total. The number of amides is 1. The van der Waals surface area contributed by atoms with Gasteiger partial charge in [0, 0.05) is 23.5 Å². The third-order valence-corrected chi connectivity index (χ3v) is 4.87. The van der Waals surface area contributed by atoms with Gasteiger partial charge in [0.2, 0.25) is 5.91 Å². The van der Waals surface area contributed by atoms with Crippen LogP contribution in [0.2, 0.25) is 0 Å². The smallest absolute Gasteiger partial charge is 0.224 e. The maximum atomic E-state index is 12.3. The topological polar surface area (TPSA) is 54.3 Å². The molecule has 1 aliphatic rings. The van der Waals surface area contributed by atoms with Crippen LogP contribution in [0, 0.1) is 19.8 Å². The molecule has 1 aromatic heterocycles. The van der Waals surface area contributed by atoms with Gasteiger partial charge in [0.1, 0.15) is 5.58 Å². The van der Waals surface area contributed by atoms with Gasteiger partial charge in [-0.25, -0.2) is 0 Å². The number of benzene rings is 1. The summed E-state index contributed by atoms with van der Waals surface area (Å²) in [4.78, 5) is 12.3. The fourth-order valence-corrected chi connectivity index (χ4v) is 3.14. The molecule has 2 N–H and O–H groups in total. The lowest BCUT2D eigenvalue weighted by Crippen LogP contribution is -2.50. The summed E-state index contributed by atoms with van der Waals surface area (Å²) < 4.78 is 5.68. The molecule has 118 valence electrons. The van der Waals surface area contributed by atoms with E-state index in [1.165, 1.54) is 5.56 Å². The Bertz CT molecular complexity index is 690. The largest absolute Gasteiger partial charge is 0.464 e. The lowest BCUT2D eigenvalue weighted by Gasteiger charge is -2.30. The highest BCUT2D eigenvalue weighted by Gasteiger charge is 2.23. The highest BCUT2D eigenvalue weighted by Crippen LogP contribution is 2.26. The maximum absolute atomic E-state index is 12.3. The van der Waals surface area contributed by atoms with Crippen molar-refractivity contribution < 1.29 is 9.21 Å². The molecule has 2 unspecified atom stereocenters. The van der Waals surface area contributed by atoms with Crippen molar-refractivity contribution in [1.82, 2.24) is 10.6 Å². The molecule has 22 heavy (non-hydrogen) atoms. The predicted molar refractivity (Wildman–Crippen MR) is 88.0 cm³/mol. The van der Waals surface area contributed by atoms with Crippen LogP contribution in [-0.2, 0) is 11.2 Å². The highest BCUT2D eigenvalue weighted by atomic mass is 16.3. The number of piperidine rings is 1. The fraction of sp³-hybridized carbons (Fsp3) is 0.500. The Kier molecular flexibility index (Phi) is 4.21. The third kappa shape index (κ3) is 2.88. The SMILES string of the molecule is Cc1ccc2c(CC(=O)NC3CNCCC3C)coc2c1C. The maximum Gasteiger partial charge on any atom is 0.224 e. The summed E-state index contributed by atoms with van der Waals surface area (Å²) in [6.45, 7) is 8.22. The van der Waals surface area contributed by atoms with E-state index in [1.54, 1.807) is 6.26 Å². The summed E-state index contributed by atoms with van der Waals surface area (Å²) in [6, 6.07) is 4.36. The van der Waals surface area contributed by atoms with Crippen LogP contribution >= 0.6 is 0 Å². The molecule has 2 aromatic rings. The molecule has 3 rings (SSSR count). The quantitative estimate of drug-likeness (QED) is 0.916. The van der Waals surface area contributed by atoms with Gasteiger partial charge in [-0.2, -0.15) is 0 Å². The molecule has 4 heteroatoms. The third-order valence-electron chi connectivity index (χ3n) is 4.87. The minimum Gasteiger partial charge on any atom is -0.464 e. The van der Waals surface area contributed by atoms with Crippen molar-refractivity contribution in [1.29, 1.82) is 0 Å². The molecule has 2 heterocycles. The van der Waals surface area contributed by atoms with Crippen molar-refractivity contribution in [2.75, 3.05) is 13.1 Å². The zero-order valence-corrected chi connectivity index (χ0v) is 13.5. The Morgan fingerprint density at radius 3 is 3.00 bits per heavy atom. The van der Waals surface area contributed by atoms with Gasteiger partial charge in [0.25, 0.3) is 0 Å². The summed E-state index contributed by atoms with van der Waals surface area (Å²) in [5, 5.41) is 7.54. The van der Waals surface area contributed by atoms with Crippen LogP contribution in [0.15, 0.2) is 22.8 Å². The average molecular weight is 300 g/mol. The van der Waals surface area contributed by atoms with E-state index in [0.717, 1.165) is 41.6 Å². The molecule has 0 spiro atoms. The fourth-order valence-electron chi connectivity index (χ4n) is 3.14. The second kappa shape index (κ2) is 6.13. The molecule has 0 aliphatic carbocycles. The van der Waals surface area contributed by atoms with Gasteiger partial charge in [-0.15, -0.1) is 0 Å². The number of furan rings is 1. The summed E-state index contributed by atoms with van der Waals surface area (Å²) in [7, 11) is 0. The first-order valence-corrected chi connectivity index (χ1v) is 8.02. The molecule has 2 atom stereocenters. The number of aryl methyl sites for hydroxylation is 2. The number of rotatable bonds is 3. The molecule has 1 saturated heterocycles. The van der Waals surface area contributed by atoms with Crippen molar-refractivity contribution in [2.45, 2.75) is 39.7 Å². The number of hydrogen-bond acceptors (Lipinski definition) is 3. The van der Waals surface area contributed by atoms with E-state index in [-0.39, 0.29) is 11.9 Å². The van der Waals surface area contributed by atoms with E-state index < -0.39 is 0 Å². The van der Waals surface area contributed by atoms with Gasteiger partial charge in [-0.1, -0.05) is 19.1 Å². The van der Waals surface area contributed by atoms with Gasteiger partial charge in [0.05, 0.1) is 12.7 Å². The zero-order valence-electron chi connectivity index (χ0n) is 13.5. The summed E-state index contributed by atoms with van der Waals surface area (Å²) in [5.74, 6) is 0.595. The monoisotopic (exact) mass is 300 g/mol. The zero-order chi connectivity index (χ0) is 15.7. The number of carbonyl (C=O) groups excluding carboxylic acids is 1. The molecular formula is C18H24N2O2. The van der Waals surface area contributed by atoms with Gasteiger partial charge in [-0.3, -0.25) is 4.79 Å². The van der Waals surface area contributed by atoms with E-state index in [0.29, 0.717) is 12.3 Å². The first-order chi connectivity index (χ1) is 10.6. The minimum atomic E-state index is 0.0708. The Morgan fingerprint density at radius 2 is 2.23 bits per heavy atom. The molecule has 0 radical (unpaired) electrons. The van der Waals surface area contributed by atoms with Crippen LogP contribution in [0.1, 0.15) is 30.0 Å². The second-order valence-corrected chi connectivity index (χ2v) is 6.47. The van der Waals surface area contributed by atoms with E-state index >= 15 is 0 Å². The Balaban J connectivity index is 1.73. The number of carbonyl (C=O) groups is 1. The van der Waals surface area contributed by atoms with Crippen molar-refractivity contribution in [3.05, 3.63) is 35.1 Å². The van der Waals surface area contributed by atoms with Crippen LogP contribution in [0.5, 0.6) is 0 Å². The average Bonchev–Trinajstić information content (AvgIpc) is 2.89. The normalized spacial score (nSPS) is 22.0. The first kappa shape index (κ1) is 15.1. The summed E-state index contributed by atoms with van der Waals surface area (Å²) in [6.07, 6.45) is 3.20. The Hall–Kier alpha value is -1.81. The second-order valence-electron chi connectivity index (χ2n) is 6.47. The van der Waals surface area contributed by atoms with Crippen LogP contribution < -0.4 is 10.6 Å². The lowest BCUT2D eigenvalue weighted by molar-refractivity contribution is -0.121. The van der Waals surface area contributed by atoms with E-state index in [4.69, 9.17) is 4.42 Å². The molecule has 0 bridgehead atoms. The van der Waals surface area contributed by atoms with Gasteiger partial charge < -0.3 is 15.1 Å². The standard InChI is InChI=1S/C18H24N2O2/c1-11-4-5-15-14(10-22-18(15)13(11)3)8-17(21)20-16-9-19-7-6-12(16)2/h4-5,10,12,16,19H,6-9H2,1-3H3,(H,20,21). The van der Waals surface area contributed by atoms with Crippen LogP contribution in [-0.4, -0.2) is 25.0 Å². The van der Waals surface area contributed by atoms with Crippen molar-refractivity contribution >= 4 is 16.9 Å².